The van der Waals surface area contributed by atoms with Crippen LogP contribution >= 0.6 is 11.6 Å². The Kier molecular flexibility index (Phi) is 8.93. The molecule has 1 atom stereocenters. The number of rotatable bonds is 4. The predicted molar refractivity (Wildman–Crippen MR) is 70.7 cm³/mol. The van der Waals surface area contributed by atoms with Crippen molar-refractivity contribution in [1.29, 1.82) is 0 Å². The van der Waals surface area contributed by atoms with Crippen LogP contribution in [0.1, 0.15) is 38.7 Å². The molecular formula is C14H21ClO. The minimum Gasteiger partial charge on any atom is -0.281 e. The van der Waals surface area contributed by atoms with Gasteiger partial charge in [-0.15, -0.1) is 0 Å². The number of hydrogen-bond donors (Lipinski definition) is 0. The lowest BCUT2D eigenvalue weighted by Crippen LogP contribution is -2.06. The number of carbonyl (C=O) groups excluding carboxylic acids is 1. The van der Waals surface area contributed by atoms with Crippen LogP contribution < -0.4 is 0 Å². The van der Waals surface area contributed by atoms with Crippen molar-refractivity contribution in [3.05, 3.63) is 35.9 Å². The fourth-order valence-electron chi connectivity index (χ4n) is 1.36. The van der Waals surface area contributed by atoms with Crippen LogP contribution in [0.25, 0.3) is 0 Å². The topological polar surface area (TPSA) is 17.1 Å². The number of benzene rings is 1. The maximum absolute atomic E-state index is 10.5. The second-order valence-corrected chi connectivity index (χ2v) is 4.23. The molecule has 1 rings (SSSR count). The Morgan fingerprint density at radius 3 is 2.00 bits per heavy atom. The van der Waals surface area contributed by atoms with Crippen molar-refractivity contribution in [2.24, 2.45) is 5.92 Å². The van der Waals surface area contributed by atoms with Crippen LogP contribution in [-0.2, 0) is 4.79 Å². The number of aryl methyl sites for hydroxylation is 1. The first-order valence-electron chi connectivity index (χ1n) is 5.82. The van der Waals surface area contributed by atoms with Crippen molar-refractivity contribution in [2.45, 2.75) is 40.0 Å². The molecule has 0 radical (unpaired) electrons. The summed E-state index contributed by atoms with van der Waals surface area (Å²) in [6, 6.07) is 10.3. The Bertz CT molecular complexity index is 282. The molecule has 1 aromatic carbocycles. The Morgan fingerprint density at radius 2 is 1.81 bits per heavy atom. The van der Waals surface area contributed by atoms with E-state index < -0.39 is 0 Å². The molecule has 0 aromatic heterocycles. The van der Waals surface area contributed by atoms with Crippen LogP contribution in [-0.4, -0.2) is 5.24 Å². The molecular weight excluding hydrogens is 220 g/mol. The van der Waals surface area contributed by atoms with Crippen molar-refractivity contribution < 1.29 is 4.79 Å². The summed E-state index contributed by atoms with van der Waals surface area (Å²) in [6.45, 7) is 6.13. The molecule has 16 heavy (non-hydrogen) atoms. The Labute approximate surface area is 104 Å². The molecule has 0 heterocycles. The molecule has 0 fully saturated rings. The zero-order chi connectivity index (χ0) is 12.4. The van der Waals surface area contributed by atoms with Gasteiger partial charge in [0.1, 0.15) is 0 Å². The first-order chi connectivity index (χ1) is 7.61. The molecule has 0 aliphatic rings. The van der Waals surface area contributed by atoms with E-state index in [1.54, 1.807) is 0 Å². The van der Waals surface area contributed by atoms with E-state index in [4.69, 9.17) is 11.6 Å². The maximum atomic E-state index is 10.5. The molecule has 0 spiro atoms. The number of carbonyl (C=O) groups is 1. The van der Waals surface area contributed by atoms with Crippen molar-refractivity contribution in [2.75, 3.05) is 0 Å². The van der Waals surface area contributed by atoms with Gasteiger partial charge >= 0.3 is 0 Å². The van der Waals surface area contributed by atoms with Gasteiger partial charge in [0.15, 0.2) is 0 Å². The van der Waals surface area contributed by atoms with E-state index in [1.165, 1.54) is 5.56 Å². The molecule has 1 unspecified atom stereocenters. The predicted octanol–water partition coefficient (Wildman–Crippen LogP) is 4.57. The molecule has 90 valence electrons. The van der Waals surface area contributed by atoms with Gasteiger partial charge in [-0.1, -0.05) is 56.2 Å². The lowest BCUT2D eigenvalue weighted by Gasteiger charge is -2.05. The van der Waals surface area contributed by atoms with Crippen LogP contribution in [0, 0.1) is 12.8 Å². The van der Waals surface area contributed by atoms with Gasteiger partial charge < -0.3 is 0 Å². The molecule has 0 amide bonds. The second kappa shape index (κ2) is 9.41. The quantitative estimate of drug-likeness (QED) is 0.705. The summed E-state index contributed by atoms with van der Waals surface area (Å²) in [7, 11) is 0. The van der Waals surface area contributed by atoms with E-state index in [1.807, 2.05) is 25.1 Å². The highest BCUT2D eigenvalue weighted by Gasteiger charge is 2.11. The molecule has 0 N–H and O–H groups in total. The van der Waals surface area contributed by atoms with Crippen LogP contribution in [0.2, 0.25) is 0 Å². The van der Waals surface area contributed by atoms with Gasteiger partial charge in [0.05, 0.1) is 0 Å². The van der Waals surface area contributed by atoms with Crippen molar-refractivity contribution in [3.8, 4) is 0 Å². The standard InChI is InChI=1S/C7H13ClO.C7H8/c1-3-5-6(4-2)7(8)9;1-7-5-3-2-4-6-7/h6H,3-5H2,1-2H3;2-6H,1H3. The average molecular weight is 241 g/mol. The summed E-state index contributed by atoms with van der Waals surface area (Å²) in [5.41, 5.74) is 1.32. The lowest BCUT2D eigenvalue weighted by atomic mass is 10.0. The normalized spacial score (nSPS) is 11.2. The second-order valence-electron chi connectivity index (χ2n) is 3.85. The third-order valence-corrected chi connectivity index (χ3v) is 2.70. The summed E-state index contributed by atoms with van der Waals surface area (Å²) < 4.78 is 0. The van der Waals surface area contributed by atoms with Crippen molar-refractivity contribution in [1.82, 2.24) is 0 Å². The third-order valence-electron chi connectivity index (χ3n) is 2.39. The lowest BCUT2D eigenvalue weighted by molar-refractivity contribution is -0.115. The van der Waals surface area contributed by atoms with Gasteiger partial charge in [-0.05, 0) is 31.4 Å². The Balaban J connectivity index is 0.000000288. The summed E-state index contributed by atoms with van der Waals surface area (Å²) >= 11 is 5.28. The largest absolute Gasteiger partial charge is 0.281 e. The van der Waals surface area contributed by atoms with E-state index in [0.717, 1.165) is 19.3 Å². The molecule has 0 saturated carbocycles. The fourth-order valence-corrected chi connectivity index (χ4v) is 1.62. The zero-order valence-electron chi connectivity index (χ0n) is 10.4. The average Bonchev–Trinajstić information content (AvgIpc) is 2.27. The SMILES string of the molecule is CCCC(CC)C(=O)Cl.Cc1ccccc1. The molecule has 1 nitrogen and oxygen atoms in total. The fraction of sp³-hybridized carbons (Fsp3) is 0.500. The first-order valence-corrected chi connectivity index (χ1v) is 6.20. The Hall–Kier alpha value is -0.820. The molecule has 0 aliphatic carbocycles. The number of hydrogen-bond acceptors (Lipinski definition) is 1. The number of halogens is 1. The van der Waals surface area contributed by atoms with Gasteiger partial charge in [0.2, 0.25) is 5.24 Å². The maximum Gasteiger partial charge on any atom is 0.224 e. The third kappa shape index (κ3) is 7.47. The van der Waals surface area contributed by atoms with E-state index in [2.05, 4.69) is 26.0 Å². The van der Waals surface area contributed by atoms with Crippen molar-refractivity contribution in [3.63, 3.8) is 0 Å². The monoisotopic (exact) mass is 240 g/mol. The van der Waals surface area contributed by atoms with Crippen LogP contribution in [0.4, 0.5) is 0 Å². The van der Waals surface area contributed by atoms with E-state index in [0.29, 0.717) is 0 Å². The highest BCUT2D eigenvalue weighted by molar-refractivity contribution is 6.63. The van der Waals surface area contributed by atoms with Gasteiger partial charge in [-0.25, -0.2) is 0 Å². The molecule has 0 bridgehead atoms. The molecule has 0 saturated heterocycles. The van der Waals surface area contributed by atoms with Gasteiger partial charge in [0.25, 0.3) is 0 Å². The van der Waals surface area contributed by atoms with Gasteiger partial charge in [-0.3, -0.25) is 4.79 Å². The first kappa shape index (κ1) is 15.2. The van der Waals surface area contributed by atoms with E-state index >= 15 is 0 Å². The highest BCUT2D eigenvalue weighted by Crippen LogP contribution is 2.13. The minimum absolute atomic E-state index is 0.0941. The summed E-state index contributed by atoms with van der Waals surface area (Å²) in [5.74, 6) is 0.0941. The van der Waals surface area contributed by atoms with Crippen LogP contribution in [0.3, 0.4) is 0 Å². The summed E-state index contributed by atoms with van der Waals surface area (Å²) in [4.78, 5) is 10.5. The molecule has 1 aromatic rings. The zero-order valence-corrected chi connectivity index (χ0v) is 11.1. The smallest absolute Gasteiger partial charge is 0.224 e. The summed E-state index contributed by atoms with van der Waals surface area (Å²) in [6.07, 6.45) is 2.84. The van der Waals surface area contributed by atoms with Crippen molar-refractivity contribution >= 4 is 16.8 Å². The highest BCUT2D eigenvalue weighted by atomic mass is 35.5. The minimum atomic E-state index is -0.181. The van der Waals surface area contributed by atoms with Gasteiger partial charge in [-0.2, -0.15) is 0 Å². The van der Waals surface area contributed by atoms with Crippen LogP contribution in [0.5, 0.6) is 0 Å². The molecule has 0 aliphatic heterocycles. The van der Waals surface area contributed by atoms with Gasteiger partial charge in [0, 0.05) is 5.92 Å². The summed E-state index contributed by atoms with van der Waals surface area (Å²) in [5, 5.41) is -0.181. The molecule has 2 heteroatoms. The van der Waals surface area contributed by atoms with Crippen LogP contribution in [0.15, 0.2) is 30.3 Å². The van der Waals surface area contributed by atoms with E-state index in [-0.39, 0.29) is 11.2 Å². The Morgan fingerprint density at radius 1 is 1.25 bits per heavy atom. The van der Waals surface area contributed by atoms with E-state index in [9.17, 15) is 4.79 Å².